The Kier molecular flexibility index (Phi) is 9.10. The summed E-state index contributed by atoms with van der Waals surface area (Å²) in [7, 11) is 0. The topological polar surface area (TPSA) is 93.1 Å². The molecule has 2 fully saturated rings. The van der Waals surface area contributed by atoms with E-state index in [0.717, 1.165) is 32.1 Å². The Morgan fingerprint density at radius 3 is 2.68 bits per heavy atom. The Morgan fingerprint density at radius 2 is 2.00 bits per heavy atom. The molecule has 6 unspecified atom stereocenters. The number of nitrogens with zero attached hydrogens (tertiary/aromatic N) is 1. The highest BCUT2D eigenvalue weighted by Crippen LogP contribution is 2.31. The number of allylic oxidation sites excluding steroid dienone is 4. The highest BCUT2D eigenvalue weighted by atomic mass is 16.6. The SMILES string of the molecule is CCC(CC1=CCCC=C1)C(C)OC(=O)C1CCCCN1C(=O)C1(O)OC(C)CCC(C)C1=O. The maximum Gasteiger partial charge on any atom is 0.329 e. The largest absolute Gasteiger partial charge is 0.461 e. The van der Waals surface area contributed by atoms with Crippen molar-refractivity contribution in [1.82, 2.24) is 4.90 Å². The third-order valence-corrected chi connectivity index (χ3v) is 7.55. The molecule has 0 spiro atoms. The average molecular weight is 476 g/mol. The summed E-state index contributed by atoms with van der Waals surface area (Å²) in [4.78, 5) is 41.0. The van der Waals surface area contributed by atoms with Gasteiger partial charge in [-0.25, -0.2) is 4.79 Å². The molecule has 1 amide bonds. The van der Waals surface area contributed by atoms with Crippen molar-refractivity contribution in [3.8, 4) is 0 Å². The van der Waals surface area contributed by atoms with Gasteiger partial charge in [-0.1, -0.05) is 37.6 Å². The van der Waals surface area contributed by atoms with Crippen LogP contribution in [-0.2, 0) is 23.9 Å². The highest BCUT2D eigenvalue weighted by molar-refractivity contribution is 6.09. The molecule has 7 heteroatoms. The van der Waals surface area contributed by atoms with Gasteiger partial charge in [0.2, 0.25) is 5.78 Å². The van der Waals surface area contributed by atoms with E-state index in [1.54, 1.807) is 13.8 Å². The van der Waals surface area contributed by atoms with Crippen LogP contribution in [0.15, 0.2) is 23.8 Å². The van der Waals surface area contributed by atoms with E-state index in [-0.39, 0.29) is 18.6 Å². The second-order valence-electron chi connectivity index (χ2n) is 10.2. The van der Waals surface area contributed by atoms with Crippen molar-refractivity contribution in [3.05, 3.63) is 23.8 Å². The van der Waals surface area contributed by atoms with Crippen LogP contribution in [0.5, 0.6) is 0 Å². The van der Waals surface area contributed by atoms with Gasteiger partial charge in [-0.05, 0) is 77.6 Å². The zero-order chi connectivity index (χ0) is 24.9. The molecular formula is C27H41NO6. The van der Waals surface area contributed by atoms with Gasteiger partial charge in [-0.15, -0.1) is 0 Å². The van der Waals surface area contributed by atoms with Crippen molar-refractivity contribution >= 4 is 17.7 Å². The molecule has 0 saturated carbocycles. The second-order valence-corrected chi connectivity index (χ2v) is 10.2. The first-order chi connectivity index (χ1) is 16.2. The third-order valence-electron chi connectivity index (χ3n) is 7.55. The number of rotatable bonds is 7. The monoisotopic (exact) mass is 475 g/mol. The lowest BCUT2D eigenvalue weighted by atomic mass is 9.90. The Balaban J connectivity index is 1.72. The summed E-state index contributed by atoms with van der Waals surface area (Å²) < 4.78 is 11.5. The van der Waals surface area contributed by atoms with Gasteiger partial charge in [-0.3, -0.25) is 9.59 Å². The number of ketones is 1. The van der Waals surface area contributed by atoms with Crippen molar-refractivity contribution in [2.45, 2.75) is 110 Å². The minimum Gasteiger partial charge on any atom is -0.461 e. The fourth-order valence-corrected chi connectivity index (χ4v) is 5.25. The lowest BCUT2D eigenvalue weighted by Gasteiger charge is -2.39. The number of hydrogen-bond donors (Lipinski definition) is 1. The zero-order valence-electron chi connectivity index (χ0n) is 21.1. The van der Waals surface area contributed by atoms with Crippen molar-refractivity contribution < 1.29 is 29.0 Å². The molecule has 0 aromatic heterocycles. The maximum absolute atomic E-state index is 13.5. The van der Waals surface area contributed by atoms with E-state index in [1.807, 2.05) is 6.92 Å². The molecule has 6 atom stereocenters. The van der Waals surface area contributed by atoms with Gasteiger partial charge in [0.25, 0.3) is 5.91 Å². The van der Waals surface area contributed by atoms with Gasteiger partial charge in [0, 0.05) is 12.5 Å². The van der Waals surface area contributed by atoms with Crippen molar-refractivity contribution in [3.63, 3.8) is 0 Å². The summed E-state index contributed by atoms with van der Waals surface area (Å²) in [5.41, 5.74) is 1.27. The fourth-order valence-electron chi connectivity index (χ4n) is 5.25. The quantitative estimate of drug-likeness (QED) is 0.440. The van der Waals surface area contributed by atoms with E-state index >= 15 is 0 Å². The number of amides is 1. The minimum absolute atomic E-state index is 0.170. The molecule has 0 aromatic carbocycles. The lowest BCUT2D eigenvalue weighted by molar-refractivity contribution is -0.227. The van der Waals surface area contributed by atoms with Gasteiger partial charge in [0.15, 0.2) is 0 Å². The van der Waals surface area contributed by atoms with Gasteiger partial charge < -0.3 is 19.5 Å². The van der Waals surface area contributed by atoms with Gasteiger partial charge in [0.05, 0.1) is 6.10 Å². The first-order valence-corrected chi connectivity index (χ1v) is 13.0. The normalized spacial score (nSPS) is 31.9. The number of hydrogen-bond acceptors (Lipinski definition) is 6. The number of piperidine rings is 1. The van der Waals surface area contributed by atoms with Crippen LogP contribution in [0.4, 0.5) is 0 Å². The molecule has 3 rings (SSSR count). The third kappa shape index (κ3) is 5.98. The predicted molar refractivity (Wildman–Crippen MR) is 129 cm³/mol. The molecule has 1 N–H and O–H groups in total. The Labute approximate surface area is 203 Å². The molecular weight excluding hydrogens is 434 g/mol. The van der Waals surface area contributed by atoms with Gasteiger partial charge >= 0.3 is 11.8 Å². The summed E-state index contributed by atoms with van der Waals surface area (Å²) in [6.07, 6.45) is 12.6. The molecule has 0 radical (unpaired) electrons. The maximum atomic E-state index is 13.5. The van der Waals surface area contributed by atoms with Crippen molar-refractivity contribution in [2.75, 3.05) is 6.54 Å². The molecule has 1 aliphatic carbocycles. The molecule has 7 nitrogen and oxygen atoms in total. The van der Waals surface area contributed by atoms with E-state index in [0.29, 0.717) is 25.7 Å². The number of esters is 1. The van der Waals surface area contributed by atoms with Crippen LogP contribution in [0.3, 0.4) is 0 Å². The van der Waals surface area contributed by atoms with Crippen LogP contribution in [0.25, 0.3) is 0 Å². The lowest BCUT2D eigenvalue weighted by Crippen LogP contribution is -2.62. The van der Waals surface area contributed by atoms with Gasteiger partial charge in [0.1, 0.15) is 12.1 Å². The second kappa shape index (κ2) is 11.6. The van der Waals surface area contributed by atoms with Crippen LogP contribution in [0.1, 0.15) is 85.5 Å². The molecule has 2 aliphatic heterocycles. The average Bonchev–Trinajstić information content (AvgIpc) is 2.94. The molecule has 2 heterocycles. The summed E-state index contributed by atoms with van der Waals surface area (Å²) in [5, 5.41) is 11.1. The summed E-state index contributed by atoms with van der Waals surface area (Å²) in [6.45, 7) is 7.72. The smallest absolute Gasteiger partial charge is 0.329 e. The van der Waals surface area contributed by atoms with Crippen LogP contribution in [-0.4, -0.2) is 58.2 Å². The number of Topliss-reactive ketones (excluding diaryl/α,β-unsaturated/α-hetero) is 1. The van der Waals surface area contributed by atoms with Crippen molar-refractivity contribution in [2.24, 2.45) is 11.8 Å². The van der Waals surface area contributed by atoms with Gasteiger partial charge in [-0.2, -0.15) is 0 Å². The first kappa shape index (κ1) is 26.6. The van der Waals surface area contributed by atoms with E-state index in [2.05, 4.69) is 25.2 Å². The first-order valence-electron chi connectivity index (χ1n) is 13.0. The Bertz CT molecular complexity index is 820. The van der Waals surface area contributed by atoms with E-state index in [1.165, 1.54) is 10.5 Å². The molecule has 0 aromatic rings. The minimum atomic E-state index is -2.55. The summed E-state index contributed by atoms with van der Waals surface area (Å²) in [6, 6.07) is -0.829. The van der Waals surface area contributed by atoms with Crippen LogP contribution >= 0.6 is 0 Å². The Hall–Kier alpha value is -1.99. The standard InChI is InChI=1S/C27H41NO6/c1-5-22(17-21-11-7-6-8-12-21)20(4)33-25(30)23-13-9-10-16-28(23)26(31)27(32)24(29)18(2)14-15-19(3)34-27/h7,11-12,18-20,22-23,32H,5-6,8-10,13-17H2,1-4H3. The van der Waals surface area contributed by atoms with E-state index < -0.39 is 41.5 Å². The molecule has 34 heavy (non-hydrogen) atoms. The summed E-state index contributed by atoms with van der Waals surface area (Å²) in [5.74, 6) is -4.82. The highest BCUT2D eigenvalue weighted by Gasteiger charge is 2.54. The fraction of sp³-hybridized carbons (Fsp3) is 0.741. The van der Waals surface area contributed by atoms with Crippen LogP contribution in [0.2, 0.25) is 0 Å². The number of carbonyl (C=O) groups excluding carboxylic acids is 3. The van der Waals surface area contributed by atoms with Crippen molar-refractivity contribution in [1.29, 1.82) is 0 Å². The number of ether oxygens (including phenoxy) is 2. The van der Waals surface area contributed by atoms with Crippen LogP contribution < -0.4 is 0 Å². The zero-order valence-corrected chi connectivity index (χ0v) is 21.1. The molecule has 3 aliphatic rings. The molecule has 0 bridgehead atoms. The summed E-state index contributed by atoms with van der Waals surface area (Å²) >= 11 is 0. The number of likely N-dealkylation sites (tertiary alicyclic amines) is 1. The van der Waals surface area contributed by atoms with Crippen LogP contribution in [0, 0.1) is 11.8 Å². The number of aliphatic hydroxyl groups is 1. The molecule has 2 saturated heterocycles. The molecule has 190 valence electrons. The Morgan fingerprint density at radius 1 is 1.24 bits per heavy atom. The van der Waals surface area contributed by atoms with E-state index in [4.69, 9.17) is 9.47 Å². The van der Waals surface area contributed by atoms with E-state index in [9.17, 15) is 19.5 Å². The predicted octanol–water partition coefficient (Wildman–Crippen LogP) is 4.08. The number of carbonyl (C=O) groups is 3.